The second-order valence-corrected chi connectivity index (χ2v) is 4.70. The Balaban J connectivity index is 1.75. The van der Waals surface area contributed by atoms with Gasteiger partial charge in [-0.25, -0.2) is 0 Å². The van der Waals surface area contributed by atoms with Crippen LogP contribution < -0.4 is 5.32 Å². The van der Waals surface area contributed by atoms with Crippen LogP contribution in [0.15, 0.2) is 53.3 Å². The zero-order chi connectivity index (χ0) is 11.5. The predicted octanol–water partition coefficient (Wildman–Crippen LogP) is 2.97. The lowest BCUT2D eigenvalue weighted by Gasteiger charge is -2.18. The van der Waals surface area contributed by atoms with Crippen molar-refractivity contribution >= 4 is 0 Å². The van der Waals surface area contributed by atoms with Crippen LogP contribution in [0.4, 0.5) is 0 Å². The van der Waals surface area contributed by atoms with Gasteiger partial charge >= 0.3 is 0 Å². The van der Waals surface area contributed by atoms with Crippen molar-refractivity contribution in [3.8, 4) is 0 Å². The Morgan fingerprint density at radius 3 is 2.82 bits per heavy atom. The van der Waals surface area contributed by atoms with E-state index >= 15 is 0 Å². The van der Waals surface area contributed by atoms with Gasteiger partial charge in [-0.15, -0.1) is 0 Å². The van der Waals surface area contributed by atoms with Crippen molar-refractivity contribution in [3.05, 3.63) is 60.1 Å². The molecule has 2 nitrogen and oxygen atoms in total. The molecule has 1 aromatic carbocycles. The van der Waals surface area contributed by atoms with Crippen LogP contribution in [-0.2, 0) is 6.42 Å². The van der Waals surface area contributed by atoms with Crippen molar-refractivity contribution in [2.45, 2.75) is 24.8 Å². The van der Waals surface area contributed by atoms with Crippen LogP contribution in [0, 0.1) is 0 Å². The molecule has 0 saturated carbocycles. The zero-order valence-corrected chi connectivity index (χ0v) is 9.80. The van der Waals surface area contributed by atoms with Crippen LogP contribution in [0.5, 0.6) is 0 Å². The van der Waals surface area contributed by atoms with Gasteiger partial charge in [0.05, 0.1) is 12.5 Å². The topological polar surface area (TPSA) is 25.2 Å². The molecule has 1 aromatic heterocycles. The van der Waals surface area contributed by atoms with E-state index in [9.17, 15) is 0 Å². The highest BCUT2D eigenvalue weighted by Gasteiger charge is 2.28. The van der Waals surface area contributed by atoms with Gasteiger partial charge in [0.25, 0.3) is 0 Å². The molecular formula is C15H17NO. The minimum atomic E-state index is 0.537. The van der Waals surface area contributed by atoms with Crippen molar-refractivity contribution in [2.75, 3.05) is 6.54 Å². The molecule has 2 unspecified atom stereocenters. The molecule has 0 aliphatic carbocycles. The molecule has 1 fully saturated rings. The standard InChI is InChI=1S/C15H17NO/c1-2-4-12(5-3-1)10-15-14(6-8-16-15)13-7-9-17-11-13/h1-5,7,9,11,14-16H,6,8,10H2. The van der Waals surface area contributed by atoms with Crippen molar-refractivity contribution in [1.29, 1.82) is 0 Å². The summed E-state index contributed by atoms with van der Waals surface area (Å²) in [5.41, 5.74) is 2.73. The van der Waals surface area contributed by atoms with Gasteiger partial charge in [0.15, 0.2) is 0 Å². The highest BCUT2D eigenvalue weighted by atomic mass is 16.3. The van der Waals surface area contributed by atoms with Crippen molar-refractivity contribution in [1.82, 2.24) is 5.32 Å². The third-order valence-corrected chi connectivity index (χ3v) is 3.62. The highest BCUT2D eigenvalue weighted by molar-refractivity contribution is 5.22. The number of hydrogen-bond acceptors (Lipinski definition) is 2. The maximum Gasteiger partial charge on any atom is 0.0937 e. The third-order valence-electron chi connectivity index (χ3n) is 3.62. The normalized spacial score (nSPS) is 24.0. The molecule has 2 heteroatoms. The molecular weight excluding hydrogens is 210 g/mol. The van der Waals surface area contributed by atoms with E-state index < -0.39 is 0 Å². The first-order valence-corrected chi connectivity index (χ1v) is 6.23. The summed E-state index contributed by atoms with van der Waals surface area (Å²) in [4.78, 5) is 0. The molecule has 2 atom stereocenters. The zero-order valence-electron chi connectivity index (χ0n) is 9.80. The Kier molecular flexibility index (Phi) is 2.97. The summed E-state index contributed by atoms with van der Waals surface area (Å²) in [5, 5.41) is 3.60. The molecule has 1 saturated heterocycles. The van der Waals surface area contributed by atoms with Gasteiger partial charge in [-0.3, -0.25) is 0 Å². The van der Waals surface area contributed by atoms with E-state index in [0.717, 1.165) is 13.0 Å². The minimum absolute atomic E-state index is 0.537. The van der Waals surface area contributed by atoms with Gasteiger partial charge in [-0.1, -0.05) is 30.3 Å². The van der Waals surface area contributed by atoms with Gasteiger partial charge in [0.2, 0.25) is 0 Å². The molecule has 2 aromatic rings. The third kappa shape index (κ3) is 2.27. The average Bonchev–Trinajstić information content (AvgIpc) is 3.00. The summed E-state index contributed by atoms with van der Waals surface area (Å²) in [6.45, 7) is 1.10. The van der Waals surface area contributed by atoms with Crippen LogP contribution >= 0.6 is 0 Å². The van der Waals surface area contributed by atoms with Crippen LogP contribution in [0.3, 0.4) is 0 Å². The fourth-order valence-corrected chi connectivity index (χ4v) is 2.74. The molecule has 0 amide bonds. The lowest BCUT2D eigenvalue weighted by atomic mass is 9.90. The highest BCUT2D eigenvalue weighted by Crippen LogP contribution is 2.29. The number of nitrogens with one attached hydrogen (secondary N) is 1. The summed E-state index contributed by atoms with van der Waals surface area (Å²) in [6, 6.07) is 13.3. The van der Waals surface area contributed by atoms with Crippen LogP contribution in [0.1, 0.15) is 23.5 Å². The molecule has 17 heavy (non-hydrogen) atoms. The van der Waals surface area contributed by atoms with Crippen molar-refractivity contribution in [2.24, 2.45) is 0 Å². The van der Waals surface area contributed by atoms with Crippen LogP contribution in [0.2, 0.25) is 0 Å². The summed E-state index contributed by atoms with van der Waals surface area (Å²) in [7, 11) is 0. The first kappa shape index (κ1) is 10.6. The lowest BCUT2D eigenvalue weighted by Crippen LogP contribution is -2.28. The SMILES string of the molecule is c1ccc(CC2NCCC2c2ccoc2)cc1. The first-order chi connectivity index (χ1) is 8.43. The number of furan rings is 1. The fourth-order valence-electron chi connectivity index (χ4n) is 2.74. The Bertz CT molecular complexity index is 449. The van der Waals surface area contributed by atoms with Gasteiger partial charge in [0.1, 0.15) is 0 Å². The Morgan fingerprint density at radius 1 is 1.18 bits per heavy atom. The molecule has 1 aliphatic rings. The monoisotopic (exact) mass is 227 g/mol. The van der Waals surface area contributed by atoms with Gasteiger partial charge in [0, 0.05) is 12.0 Å². The van der Waals surface area contributed by atoms with E-state index in [2.05, 4.69) is 41.7 Å². The molecule has 3 rings (SSSR count). The summed E-state index contributed by atoms with van der Waals surface area (Å²) in [5.74, 6) is 0.592. The smallest absolute Gasteiger partial charge is 0.0937 e. The summed E-state index contributed by atoms with van der Waals surface area (Å²) < 4.78 is 5.20. The van der Waals surface area contributed by atoms with Gasteiger partial charge in [-0.05, 0) is 36.6 Å². The fraction of sp³-hybridized carbons (Fsp3) is 0.333. The van der Waals surface area contributed by atoms with Gasteiger partial charge < -0.3 is 9.73 Å². The van der Waals surface area contributed by atoms with Crippen LogP contribution in [-0.4, -0.2) is 12.6 Å². The number of rotatable bonds is 3. The lowest BCUT2D eigenvalue weighted by molar-refractivity contribution is 0.526. The largest absolute Gasteiger partial charge is 0.472 e. The maximum atomic E-state index is 5.20. The van der Waals surface area contributed by atoms with E-state index in [0.29, 0.717) is 12.0 Å². The Hall–Kier alpha value is -1.54. The quantitative estimate of drug-likeness (QED) is 0.872. The molecule has 2 heterocycles. The van der Waals surface area contributed by atoms with Crippen molar-refractivity contribution in [3.63, 3.8) is 0 Å². The molecule has 1 N–H and O–H groups in total. The van der Waals surface area contributed by atoms with E-state index in [1.54, 1.807) is 6.26 Å². The van der Waals surface area contributed by atoms with Crippen LogP contribution in [0.25, 0.3) is 0 Å². The van der Waals surface area contributed by atoms with E-state index in [1.807, 2.05) is 6.26 Å². The number of benzene rings is 1. The van der Waals surface area contributed by atoms with E-state index in [1.165, 1.54) is 17.5 Å². The second-order valence-electron chi connectivity index (χ2n) is 4.70. The Labute approximate surface area is 102 Å². The summed E-state index contributed by atoms with van der Waals surface area (Å²) >= 11 is 0. The van der Waals surface area contributed by atoms with Gasteiger partial charge in [-0.2, -0.15) is 0 Å². The molecule has 0 spiro atoms. The maximum absolute atomic E-state index is 5.20. The second kappa shape index (κ2) is 4.76. The van der Waals surface area contributed by atoms with Crippen molar-refractivity contribution < 1.29 is 4.42 Å². The predicted molar refractivity (Wildman–Crippen MR) is 68.0 cm³/mol. The first-order valence-electron chi connectivity index (χ1n) is 6.23. The average molecular weight is 227 g/mol. The number of hydrogen-bond donors (Lipinski definition) is 1. The van der Waals surface area contributed by atoms with E-state index in [-0.39, 0.29) is 0 Å². The minimum Gasteiger partial charge on any atom is -0.472 e. The van der Waals surface area contributed by atoms with E-state index in [4.69, 9.17) is 4.42 Å². The summed E-state index contributed by atoms with van der Waals surface area (Å²) in [6.07, 6.45) is 5.95. The molecule has 1 aliphatic heterocycles. The molecule has 0 bridgehead atoms. The Morgan fingerprint density at radius 2 is 2.06 bits per heavy atom. The molecule has 88 valence electrons. The molecule has 0 radical (unpaired) electrons.